The molecule has 2 heteroatoms. The second-order valence-electron chi connectivity index (χ2n) is 5.15. The summed E-state index contributed by atoms with van der Waals surface area (Å²) in [6.45, 7) is 6.94. The van der Waals surface area contributed by atoms with Gasteiger partial charge in [0.25, 0.3) is 0 Å². The highest BCUT2D eigenvalue weighted by Crippen LogP contribution is 2.27. The van der Waals surface area contributed by atoms with Gasteiger partial charge in [0.15, 0.2) is 0 Å². The van der Waals surface area contributed by atoms with Crippen molar-refractivity contribution in [3.8, 4) is 5.75 Å². The normalized spacial score (nSPS) is 12.2. The summed E-state index contributed by atoms with van der Waals surface area (Å²) < 4.78 is 5.68. The molecule has 0 radical (unpaired) electrons. The third-order valence-electron chi connectivity index (χ3n) is 3.69. The molecular weight excluding hydrogens is 246 g/mol. The zero-order valence-electron chi connectivity index (χ0n) is 12.5. The number of benzene rings is 2. The standard InChI is InChI=1S/C18H23NO/c1-4-20-18-11-6-5-10-15(18)17(19)12-16-13(2)8-7-9-14(16)3/h5-11,17H,4,12,19H2,1-3H3. The lowest BCUT2D eigenvalue weighted by Gasteiger charge is -2.18. The summed E-state index contributed by atoms with van der Waals surface area (Å²) >= 11 is 0. The molecule has 0 bridgehead atoms. The van der Waals surface area contributed by atoms with Crippen molar-refractivity contribution in [3.05, 3.63) is 64.7 Å². The molecule has 2 nitrogen and oxygen atoms in total. The van der Waals surface area contributed by atoms with E-state index in [0.29, 0.717) is 6.61 Å². The average Bonchev–Trinajstić information content (AvgIpc) is 2.44. The van der Waals surface area contributed by atoms with Crippen molar-refractivity contribution in [2.24, 2.45) is 5.73 Å². The van der Waals surface area contributed by atoms with Crippen LogP contribution in [0.3, 0.4) is 0 Å². The summed E-state index contributed by atoms with van der Waals surface area (Å²) in [5.41, 5.74) is 11.4. The Labute approximate surface area is 121 Å². The van der Waals surface area contributed by atoms with Crippen LogP contribution < -0.4 is 10.5 Å². The molecule has 0 aliphatic heterocycles. The minimum Gasteiger partial charge on any atom is -0.494 e. The van der Waals surface area contributed by atoms with Crippen molar-refractivity contribution < 1.29 is 4.74 Å². The molecule has 0 spiro atoms. The zero-order chi connectivity index (χ0) is 14.5. The fraction of sp³-hybridized carbons (Fsp3) is 0.333. The molecule has 1 atom stereocenters. The van der Waals surface area contributed by atoms with E-state index in [0.717, 1.165) is 17.7 Å². The first-order valence-electron chi connectivity index (χ1n) is 7.16. The molecule has 106 valence electrons. The highest BCUT2D eigenvalue weighted by Gasteiger charge is 2.14. The van der Waals surface area contributed by atoms with Crippen LogP contribution in [-0.2, 0) is 6.42 Å². The van der Waals surface area contributed by atoms with Gasteiger partial charge in [0, 0.05) is 11.6 Å². The third-order valence-corrected chi connectivity index (χ3v) is 3.69. The van der Waals surface area contributed by atoms with E-state index in [4.69, 9.17) is 10.5 Å². The van der Waals surface area contributed by atoms with Gasteiger partial charge in [0.05, 0.1) is 6.61 Å². The smallest absolute Gasteiger partial charge is 0.124 e. The van der Waals surface area contributed by atoms with E-state index < -0.39 is 0 Å². The van der Waals surface area contributed by atoms with Crippen LogP contribution in [0.15, 0.2) is 42.5 Å². The van der Waals surface area contributed by atoms with Crippen LogP contribution in [0.2, 0.25) is 0 Å². The molecule has 20 heavy (non-hydrogen) atoms. The van der Waals surface area contributed by atoms with E-state index in [-0.39, 0.29) is 6.04 Å². The van der Waals surface area contributed by atoms with Gasteiger partial charge in [-0.1, -0.05) is 36.4 Å². The summed E-state index contributed by atoms with van der Waals surface area (Å²) in [6, 6.07) is 14.4. The van der Waals surface area contributed by atoms with Gasteiger partial charge in [0.2, 0.25) is 0 Å². The zero-order valence-corrected chi connectivity index (χ0v) is 12.5. The van der Waals surface area contributed by atoms with E-state index in [1.165, 1.54) is 16.7 Å². The van der Waals surface area contributed by atoms with Crippen molar-refractivity contribution in [2.75, 3.05) is 6.61 Å². The number of ether oxygens (including phenoxy) is 1. The fourth-order valence-electron chi connectivity index (χ4n) is 2.57. The molecule has 0 aliphatic rings. The Bertz CT molecular complexity index is 557. The van der Waals surface area contributed by atoms with Gasteiger partial charge < -0.3 is 10.5 Å². The van der Waals surface area contributed by atoms with Gasteiger partial charge in [-0.25, -0.2) is 0 Å². The minimum atomic E-state index is -0.0439. The van der Waals surface area contributed by atoms with Crippen molar-refractivity contribution in [1.29, 1.82) is 0 Å². The minimum absolute atomic E-state index is 0.0439. The number of hydrogen-bond donors (Lipinski definition) is 1. The van der Waals surface area contributed by atoms with Crippen LogP contribution in [-0.4, -0.2) is 6.61 Å². The van der Waals surface area contributed by atoms with Gasteiger partial charge in [-0.05, 0) is 49.9 Å². The molecule has 1 unspecified atom stereocenters. The third kappa shape index (κ3) is 3.20. The number of hydrogen-bond acceptors (Lipinski definition) is 2. The number of rotatable bonds is 5. The van der Waals surface area contributed by atoms with E-state index in [1.807, 2.05) is 25.1 Å². The Hall–Kier alpha value is -1.80. The van der Waals surface area contributed by atoms with Crippen LogP contribution in [0.1, 0.15) is 35.2 Å². The van der Waals surface area contributed by atoms with E-state index in [2.05, 4.69) is 38.1 Å². The maximum absolute atomic E-state index is 6.42. The first-order valence-corrected chi connectivity index (χ1v) is 7.16. The topological polar surface area (TPSA) is 35.2 Å². The van der Waals surface area contributed by atoms with Gasteiger partial charge in [-0.15, -0.1) is 0 Å². The predicted octanol–water partition coefficient (Wildman–Crippen LogP) is 3.94. The summed E-state index contributed by atoms with van der Waals surface area (Å²) in [4.78, 5) is 0. The molecule has 2 aromatic carbocycles. The molecule has 0 aliphatic carbocycles. The van der Waals surface area contributed by atoms with Crippen molar-refractivity contribution >= 4 is 0 Å². The van der Waals surface area contributed by atoms with Gasteiger partial charge >= 0.3 is 0 Å². The monoisotopic (exact) mass is 269 g/mol. The van der Waals surface area contributed by atoms with E-state index in [9.17, 15) is 0 Å². The highest BCUT2D eigenvalue weighted by molar-refractivity contribution is 5.39. The molecular formula is C18H23NO. The fourth-order valence-corrected chi connectivity index (χ4v) is 2.57. The maximum atomic E-state index is 6.42. The number of nitrogens with two attached hydrogens (primary N) is 1. The number of aryl methyl sites for hydroxylation is 2. The molecule has 2 aromatic rings. The van der Waals surface area contributed by atoms with Gasteiger partial charge in [-0.2, -0.15) is 0 Å². The Morgan fingerprint density at radius 3 is 2.30 bits per heavy atom. The molecule has 0 saturated carbocycles. The van der Waals surface area contributed by atoms with Crippen LogP contribution >= 0.6 is 0 Å². The molecule has 0 amide bonds. The SMILES string of the molecule is CCOc1ccccc1C(N)Cc1c(C)cccc1C. The summed E-state index contributed by atoms with van der Waals surface area (Å²) in [6.07, 6.45) is 0.836. The van der Waals surface area contributed by atoms with E-state index in [1.54, 1.807) is 0 Å². The lowest BCUT2D eigenvalue weighted by atomic mass is 9.93. The number of para-hydroxylation sites is 1. The Balaban J connectivity index is 2.26. The molecule has 0 heterocycles. The lowest BCUT2D eigenvalue weighted by molar-refractivity contribution is 0.334. The van der Waals surface area contributed by atoms with Gasteiger partial charge in [0.1, 0.15) is 5.75 Å². The average molecular weight is 269 g/mol. The van der Waals surface area contributed by atoms with E-state index >= 15 is 0 Å². The molecule has 0 fully saturated rings. The van der Waals surface area contributed by atoms with Crippen LogP contribution in [0.4, 0.5) is 0 Å². The molecule has 2 rings (SSSR count). The second kappa shape index (κ2) is 6.58. The van der Waals surface area contributed by atoms with Gasteiger partial charge in [-0.3, -0.25) is 0 Å². The molecule has 0 aromatic heterocycles. The summed E-state index contributed by atoms with van der Waals surface area (Å²) in [5.74, 6) is 0.897. The summed E-state index contributed by atoms with van der Waals surface area (Å²) in [7, 11) is 0. The largest absolute Gasteiger partial charge is 0.494 e. The Morgan fingerprint density at radius 2 is 1.65 bits per heavy atom. The van der Waals surface area contributed by atoms with Crippen molar-refractivity contribution in [3.63, 3.8) is 0 Å². The Morgan fingerprint density at radius 1 is 1.00 bits per heavy atom. The quantitative estimate of drug-likeness (QED) is 0.892. The second-order valence-corrected chi connectivity index (χ2v) is 5.15. The molecule has 2 N–H and O–H groups in total. The van der Waals surface area contributed by atoms with Crippen molar-refractivity contribution in [1.82, 2.24) is 0 Å². The first-order chi connectivity index (χ1) is 9.63. The summed E-state index contributed by atoms with van der Waals surface area (Å²) in [5, 5.41) is 0. The van der Waals surface area contributed by atoms with Crippen LogP contribution in [0.5, 0.6) is 5.75 Å². The highest BCUT2D eigenvalue weighted by atomic mass is 16.5. The Kier molecular flexibility index (Phi) is 4.80. The van der Waals surface area contributed by atoms with Crippen LogP contribution in [0, 0.1) is 13.8 Å². The maximum Gasteiger partial charge on any atom is 0.124 e. The first kappa shape index (κ1) is 14.6. The lowest BCUT2D eigenvalue weighted by Crippen LogP contribution is -2.16. The van der Waals surface area contributed by atoms with Crippen molar-refractivity contribution in [2.45, 2.75) is 33.2 Å². The molecule has 0 saturated heterocycles. The van der Waals surface area contributed by atoms with Crippen LogP contribution in [0.25, 0.3) is 0 Å². The predicted molar refractivity (Wildman–Crippen MR) is 84.2 cm³/mol.